The number of hydrogen-bond donors (Lipinski definition) is 1. The number of nitro groups is 1. The van der Waals surface area contributed by atoms with Gasteiger partial charge in [-0.05, 0) is 6.07 Å². The molecule has 0 saturated heterocycles. The number of halogens is 1. The number of hydrogen-bond acceptors (Lipinski definition) is 6. The molecule has 0 aromatic carbocycles. The fourth-order valence-electron chi connectivity index (χ4n) is 0.910. The van der Waals surface area contributed by atoms with Crippen LogP contribution >= 0.6 is 11.6 Å². The summed E-state index contributed by atoms with van der Waals surface area (Å²) in [6.07, 6.45) is 0.790. The minimum absolute atomic E-state index is 0.328. The molecule has 0 radical (unpaired) electrons. The van der Waals surface area contributed by atoms with Gasteiger partial charge in [-0.1, -0.05) is 11.6 Å². The molecule has 0 saturated carbocycles. The van der Waals surface area contributed by atoms with Crippen LogP contribution in [0.1, 0.15) is 10.5 Å². The molecule has 1 heterocycles. The summed E-state index contributed by atoms with van der Waals surface area (Å²) in [6, 6.07) is 1.97. The highest BCUT2D eigenvalue weighted by Gasteiger charge is 2.18. The molecule has 0 fully saturated rings. The molecule has 0 atom stereocenters. The molecule has 0 aliphatic heterocycles. The van der Waals surface area contributed by atoms with Crippen molar-refractivity contribution in [3.63, 3.8) is 0 Å². The number of nitrogens with zero attached hydrogens (tertiary/aromatic N) is 2. The Morgan fingerprint density at radius 2 is 2.12 bits per heavy atom. The van der Waals surface area contributed by atoms with Gasteiger partial charge < -0.3 is 0 Å². The van der Waals surface area contributed by atoms with Crippen molar-refractivity contribution in [2.75, 3.05) is 6.26 Å². The molecule has 1 N–H and O–H groups in total. The number of pyridine rings is 1. The lowest BCUT2D eigenvalue weighted by Crippen LogP contribution is -2.30. The van der Waals surface area contributed by atoms with Gasteiger partial charge in [-0.25, -0.2) is 18.1 Å². The molecule has 1 aromatic rings. The molecule has 92 valence electrons. The first-order chi connectivity index (χ1) is 7.70. The highest BCUT2D eigenvalue weighted by Crippen LogP contribution is 2.21. The van der Waals surface area contributed by atoms with Gasteiger partial charge >= 0.3 is 5.69 Å². The Balaban J connectivity index is 3.06. The maximum Gasteiger partial charge on any atom is 0.306 e. The van der Waals surface area contributed by atoms with Crippen molar-refractivity contribution in [1.29, 1.82) is 0 Å². The number of sulfonamides is 1. The van der Waals surface area contributed by atoms with Gasteiger partial charge in [0.1, 0.15) is 5.69 Å². The van der Waals surface area contributed by atoms with Gasteiger partial charge in [0.2, 0.25) is 15.2 Å². The van der Waals surface area contributed by atoms with Crippen LogP contribution in [0.15, 0.2) is 12.1 Å². The normalized spacial score (nSPS) is 10.9. The van der Waals surface area contributed by atoms with E-state index < -0.39 is 31.7 Å². The largest absolute Gasteiger partial charge is 0.306 e. The van der Waals surface area contributed by atoms with Crippen LogP contribution in [0, 0.1) is 10.1 Å². The van der Waals surface area contributed by atoms with E-state index in [1.54, 1.807) is 4.72 Å². The second-order valence-corrected chi connectivity index (χ2v) is 5.07. The number of carbonyl (C=O) groups is 1. The topological polar surface area (TPSA) is 119 Å². The Hall–Kier alpha value is -1.74. The molecule has 1 aromatic heterocycles. The van der Waals surface area contributed by atoms with Gasteiger partial charge in [-0.2, -0.15) is 0 Å². The van der Waals surface area contributed by atoms with E-state index >= 15 is 0 Å². The molecule has 17 heavy (non-hydrogen) atoms. The van der Waals surface area contributed by atoms with Crippen LogP contribution in [0.3, 0.4) is 0 Å². The second kappa shape index (κ2) is 4.63. The Morgan fingerprint density at radius 3 is 2.53 bits per heavy atom. The first-order valence-electron chi connectivity index (χ1n) is 4.04. The third-order valence-electron chi connectivity index (χ3n) is 1.54. The first-order valence-corrected chi connectivity index (χ1v) is 6.30. The lowest BCUT2D eigenvalue weighted by molar-refractivity contribution is -0.385. The Labute approximate surface area is 101 Å². The second-order valence-electron chi connectivity index (χ2n) is 2.97. The maximum absolute atomic E-state index is 11.3. The van der Waals surface area contributed by atoms with Crippen molar-refractivity contribution < 1.29 is 18.1 Å². The van der Waals surface area contributed by atoms with Gasteiger partial charge in [-0.15, -0.1) is 0 Å². The molecule has 1 rings (SSSR count). The van der Waals surface area contributed by atoms with Crippen LogP contribution in [-0.4, -0.2) is 30.5 Å². The van der Waals surface area contributed by atoms with Gasteiger partial charge in [0.15, 0.2) is 0 Å². The van der Waals surface area contributed by atoms with Gasteiger partial charge in [0.25, 0.3) is 5.91 Å². The van der Waals surface area contributed by atoms with Crippen molar-refractivity contribution >= 4 is 33.2 Å². The summed E-state index contributed by atoms with van der Waals surface area (Å²) in [5.41, 5.74) is -0.798. The molecule has 10 heteroatoms. The van der Waals surface area contributed by atoms with Crippen molar-refractivity contribution in [1.82, 2.24) is 9.71 Å². The monoisotopic (exact) mass is 279 g/mol. The number of rotatable bonds is 3. The SMILES string of the molecule is CS(=O)(=O)NC(=O)c1ccc([N+](=O)[O-])c(Cl)n1. The van der Waals surface area contributed by atoms with Crippen LogP contribution < -0.4 is 4.72 Å². The molecule has 8 nitrogen and oxygen atoms in total. The van der Waals surface area contributed by atoms with E-state index in [4.69, 9.17) is 11.6 Å². The number of amides is 1. The lowest BCUT2D eigenvalue weighted by Gasteiger charge is -2.02. The average Bonchev–Trinajstić information content (AvgIpc) is 2.14. The zero-order chi connectivity index (χ0) is 13.2. The molecular formula is C7H6ClN3O5S. The van der Waals surface area contributed by atoms with E-state index in [1.807, 2.05) is 0 Å². The van der Waals surface area contributed by atoms with Crippen LogP contribution in [-0.2, 0) is 10.0 Å². The fraction of sp³-hybridized carbons (Fsp3) is 0.143. The summed E-state index contributed by atoms with van der Waals surface area (Å²) in [7, 11) is -3.73. The van der Waals surface area contributed by atoms with Gasteiger partial charge in [0, 0.05) is 6.07 Å². The van der Waals surface area contributed by atoms with E-state index in [2.05, 4.69) is 4.98 Å². The summed E-state index contributed by atoms with van der Waals surface area (Å²) >= 11 is 5.46. The Morgan fingerprint density at radius 1 is 1.53 bits per heavy atom. The van der Waals surface area contributed by atoms with Crippen molar-refractivity contribution in [3.05, 3.63) is 33.1 Å². The van der Waals surface area contributed by atoms with Crippen LogP contribution in [0.2, 0.25) is 5.15 Å². The maximum atomic E-state index is 11.3. The summed E-state index contributed by atoms with van der Waals surface area (Å²) in [5, 5.41) is 9.93. The molecule has 1 amide bonds. The van der Waals surface area contributed by atoms with Crippen LogP contribution in [0.4, 0.5) is 5.69 Å². The zero-order valence-electron chi connectivity index (χ0n) is 8.38. The molecule has 0 unspecified atom stereocenters. The van der Waals surface area contributed by atoms with E-state index in [0.717, 1.165) is 18.4 Å². The quantitative estimate of drug-likeness (QED) is 0.484. The van der Waals surface area contributed by atoms with Gasteiger partial charge in [-0.3, -0.25) is 14.9 Å². The van der Waals surface area contributed by atoms with E-state index in [1.165, 1.54) is 0 Å². The average molecular weight is 280 g/mol. The summed E-state index contributed by atoms with van der Waals surface area (Å²) in [5.74, 6) is -1.01. The minimum atomic E-state index is -3.73. The third kappa shape index (κ3) is 3.64. The minimum Gasteiger partial charge on any atom is -0.266 e. The van der Waals surface area contributed by atoms with Crippen molar-refractivity contribution in [3.8, 4) is 0 Å². The molecule has 0 bridgehead atoms. The number of nitrogens with one attached hydrogen (secondary N) is 1. The highest BCUT2D eigenvalue weighted by atomic mass is 35.5. The Kier molecular flexibility index (Phi) is 3.63. The van der Waals surface area contributed by atoms with Crippen LogP contribution in [0.5, 0.6) is 0 Å². The van der Waals surface area contributed by atoms with E-state index in [9.17, 15) is 23.3 Å². The summed E-state index contributed by atoms with van der Waals surface area (Å²) < 4.78 is 23.2. The third-order valence-corrected chi connectivity index (χ3v) is 2.37. The van der Waals surface area contributed by atoms with Crippen LogP contribution in [0.25, 0.3) is 0 Å². The van der Waals surface area contributed by atoms with Gasteiger partial charge in [0.05, 0.1) is 11.2 Å². The fourth-order valence-corrected chi connectivity index (χ4v) is 1.57. The standard InChI is InChI=1S/C7H6ClN3O5S/c1-17(15,16)10-7(12)4-2-3-5(11(13)14)6(8)9-4/h2-3H,1H3,(H,10,12). The lowest BCUT2D eigenvalue weighted by atomic mass is 10.3. The molecule has 0 aliphatic carbocycles. The molecule has 0 aliphatic rings. The molecule has 0 spiro atoms. The van der Waals surface area contributed by atoms with E-state index in [-0.39, 0.29) is 5.69 Å². The summed E-state index contributed by atoms with van der Waals surface area (Å²) in [4.78, 5) is 24.4. The predicted octanol–water partition coefficient (Wildman–Crippen LogP) is 0.333. The highest BCUT2D eigenvalue weighted by molar-refractivity contribution is 7.89. The molecular weight excluding hydrogens is 274 g/mol. The number of carbonyl (C=O) groups excluding carboxylic acids is 1. The van der Waals surface area contributed by atoms with Crippen molar-refractivity contribution in [2.45, 2.75) is 0 Å². The smallest absolute Gasteiger partial charge is 0.266 e. The first kappa shape index (κ1) is 13.3. The zero-order valence-corrected chi connectivity index (χ0v) is 9.95. The van der Waals surface area contributed by atoms with Crippen molar-refractivity contribution in [2.24, 2.45) is 0 Å². The Bertz CT molecular complexity index is 585. The number of aromatic nitrogens is 1. The van der Waals surface area contributed by atoms with E-state index in [0.29, 0.717) is 0 Å². The predicted molar refractivity (Wildman–Crippen MR) is 58.2 cm³/mol. The summed E-state index contributed by atoms with van der Waals surface area (Å²) in [6.45, 7) is 0.